The van der Waals surface area contributed by atoms with Crippen LogP contribution in [0.25, 0.3) is 0 Å². The molecule has 0 saturated heterocycles. The van der Waals surface area contributed by atoms with Gasteiger partial charge in [0.2, 0.25) is 5.91 Å². The second kappa shape index (κ2) is 7.60. The summed E-state index contributed by atoms with van der Waals surface area (Å²) in [4.78, 5) is 11.0. The van der Waals surface area contributed by atoms with Crippen molar-refractivity contribution in [3.8, 4) is 0 Å². The van der Waals surface area contributed by atoms with Crippen LogP contribution < -0.4 is 11.1 Å². The van der Waals surface area contributed by atoms with Crippen LogP contribution >= 0.6 is 0 Å². The molecule has 4 N–H and O–H groups in total. The van der Waals surface area contributed by atoms with Gasteiger partial charge in [-0.2, -0.15) is 0 Å². The normalized spacial score (nSPS) is 13.8. The van der Waals surface area contributed by atoms with E-state index in [2.05, 4.69) is 12.2 Å². The zero-order valence-corrected chi connectivity index (χ0v) is 10.5. The van der Waals surface area contributed by atoms with Crippen molar-refractivity contribution < 1.29 is 14.6 Å². The Kier molecular flexibility index (Phi) is 7.29. The van der Waals surface area contributed by atoms with Gasteiger partial charge in [-0.1, -0.05) is 13.3 Å². The zero-order valence-electron chi connectivity index (χ0n) is 10.5. The Morgan fingerprint density at radius 2 is 2.19 bits per heavy atom. The monoisotopic (exact) mass is 232 g/mol. The van der Waals surface area contributed by atoms with Crippen molar-refractivity contribution in [2.45, 2.75) is 45.3 Å². The highest BCUT2D eigenvalue weighted by molar-refractivity contribution is 5.83. The van der Waals surface area contributed by atoms with Crippen molar-refractivity contribution >= 4 is 5.91 Å². The summed E-state index contributed by atoms with van der Waals surface area (Å²) in [6, 6.07) is 0. The highest BCUT2D eigenvalue weighted by atomic mass is 16.5. The second-order valence-electron chi connectivity index (χ2n) is 4.45. The van der Waals surface area contributed by atoms with Gasteiger partial charge in [-0.15, -0.1) is 0 Å². The number of primary amides is 1. The number of aliphatic hydroxyl groups excluding tert-OH is 1. The maximum absolute atomic E-state index is 11.0. The minimum Gasteiger partial charge on any atom is -0.389 e. The van der Waals surface area contributed by atoms with E-state index in [1.807, 2.05) is 0 Å². The van der Waals surface area contributed by atoms with Crippen LogP contribution in [-0.4, -0.2) is 42.4 Å². The molecule has 0 spiro atoms. The molecule has 5 heteroatoms. The Balaban J connectivity index is 3.64. The average molecular weight is 232 g/mol. The summed E-state index contributed by atoms with van der Waals surface area (Å²) in [5.74, 6) is -0.438. The topological polar surface area (TPSA) is 84.6 Å². The first-order valence-electron chi connectivity index (χ1n) is 5.71. The van der Waals surface area contributed by atoms with E-state index in [-0.39, 0.29) is 6.61 Å². The van der Waals surface area contributed by atoms with Crippen LogP contribution in [0.3, 0.4) is 0 Å². The molecule has 1 amide bonds. The molecule has 0 saturated carbocycles. The molecule has 1 unspecified atom stereocenters. The number of hydrogen-bond donors (Lipinski definition) is 3. The maximum atomic E-state index is 11.0. The first-order valence-corrected chi connectivity index (χ1v) is 5.71. The van der Waals surface area contributed by atoms with E-state index in [0.717, 1.165) is 12.8 Å². The van der Waals surface area contributed by atoms with E-state index in [1.54, 1.807) is 13.8 Å². The SMILES string of the molecule is CCCCOCC(O)CNC(C)(C)C(N)=O. The number of unbranched alkanes of at least 4 members (excludes halogenated alkanes) is 1. The number of carbonyl (C=O) groups is 1. The summed E-state index contributed by atoms with van der Waals surface area (Å²) >= 11 is 0. The number of carbonyl (C=O) groups excluding carboxylic acids is 1. The quantitative estimate of drug-likeness (QED) is 0.489. The molecule has 0 heterocycles. The predicted molar refractivity (Wildman–Crippen MR) is 63.0 cm³/mol. The molecular weight excluding hydrogens is 208 g/mol. The molecule has 0 radical (unpaired) electrons. The van der Waals surface area contributed by atoms with E-state index in [1.165, 1.54) is 0 Å². The first kappa shape index (κ1) is 15.3. The van der Waals surface area contributed by atoms with Crippen molar-refractivity contribution in [3.63, 3.8) is 0 Å². The Morgan fingerprint density at radius 3 is 2.69 bits per heavy atom. The molecule has 0 aromatic carbocycles. The number of hydrogen-bond acceptors (Lipinski definition) is 4. The summed E-state index contributed by atoms with van der Waals surface area (Å²) in [6.45, 7) is 6.67. The minimum atomic E-state index is -0.801. The van der Waals surface area contributed by atoms with Crippen molar-refractivity contribution in [3.05, 3.63) is 0 Å². The molecule has 0 bridgehead atoms. The highest BCUT2D eigenvalue weighted by Gasteiger charge is 2.24. The maximum Gasteiger partial charge on any atom is 0.237 e. The van der Waals surface area contributed by atoms with Crippen molar-refractivity contribution in [1.29, 1.82) is 0 Å². The van der Waals surface area contributed by atoms with Crippen LogP contribution in [-0.2, 0) is 9.53 Å². The molecule has 96 valence electrons. The van der Waals surface area contributed by atoms with E-state index in [9.17, 15) is 9.90 Å². The molecular formula is C11H24N2O3. The number of amides is 1. The lowest BCUT2D eigenvalue weighted by atomic mass is 10.1. The molecule has 5 nitrogen and oxygen atoms in total. The van der Waals surface area contributed by atoms with Crippen LogP contribution in [0, 0.1) is 0 Å². The van der Waals surface area contributed by atoms with E-state index in [4.69, 9.17) is 10.5 Å². The fourth-order valence-corrected chi connectivity index (χ4v) is 0.985. The summed E-state index contributed by atoms with van der Waals surface area (Å²) in [7, 11) is 0. The van der Waals surface area contributed by atoms with E-state index < -0.39 is 17.6 Å². The lowest BCUT2D eigenvalue weighted by Gasteiger charge is -2.24. The predicted octanol–water partition coefficient (Wildman–Crippen LogP) is 0.0175. The Hall–Kier alpha value is -0.650. The fourth-order valence-electron chi connectivity index (χ4n) is 0.985. The van der Waals surface area contributed by atoms with E-state index >= 15 is 0 Å². The lowest BCUT2D eigenvalue weighted by Crippen LogP contribution is -2.53. The lowest BCUT2D eigenvalue weighted by molar-refractivity contribution is -0.123. The molecule has 1 atom stereocenters. The Morgan fingerprint density at radius 1 is 1.56 bits per heavy atom. The van der Waals surface area contributed by atoms with Gasteiger partial charge in [-0.25, -0.2) is 0 Å². The molecule has 0 aromatic heterocycles. The molecule has 0 aliphatic heterocycles. The van der Waals surface area contributed by atoms with Gasteiger partial charge in [0.15, 0.2) is 0 Å². The van der Waals surface area contributed by atoms with Crippen molar-refractivity contribution in [2.24, 2.45) is 5.73 Å². The summed E-state index contributed by atoms with van der Waals surface area (Å²) in [6.07, 6.45) is 1.45. The molecule has 0 rings (SSSR count). The summed E-state index contributed by atoms with van der Waals surface area (Å²) in [5.41, 5.74) is 4.38. The van der Waals surface area contributed by atoms with Crippen LogP contribution in [0.15, 0.2) is 0 Å². The molecule has 0 aliphatic carbocycles. The standard InChI is InChI=1S/C11H24N2O3/c1-4-5-6-16-8-9(14)7-13-11(2,3)10(12)15/h9,13-14H,4-8H2,1-3H3,(H2,12,15). The number of β-amino-alcohol motifs (C(OH)–C–C–N with tert-alkyl or cyclic N) is 1. The van der Waals surface area contributed by atoms with Crippen LogP contribution in [0.5, 0.6) is 0 Å². The number of nitrogens with two attached hydrogens (primary N) is 1. The van der Waals surface area contributed by atoms with Crippen LogP contribution in [0.4, 0.5) is 0 Å². The Bertz CT molecular complexity index is 207. The third-order valence-electron chi connectivity index (χ3n) is 2.35. The third kappa shape index (κ3) is 6.76. The fraction of sp³-hybridized carbons (Fsp3) is 0.909. The van der Waals surface area contributed by atoms with Gasteiger partial charge >= 0.3 is 0 Å². The van der Waals surface area contributed by atoms with Crippen molar-refractivity contribution in [2.75, 3.05) is 19.8 Å². The number of ether oxygens (including phenoxy) is 1. The smallest absolute Gasteiger partial charge is 0.237 e. The minimum absolute atomic E-state index is 0.280. The van der Waals surface area contributed by atoms with Gasteiger partial charge in [0.1, 0.15) is 0 Å². The summed E-state index contributed by atoms with van der Waals surface area (Å²) in [5, 5.41) is 12.4. The van der Waals surface area contributed by atoms with Crippen molar-refractivity contribution in [1.82, 2.24) is 5.32 Å². The largest absolute Gasteiger partial charge is 0.389 e. The molecule has 0 aliphatic rings. The highest BCUT2D eigenvalue weighted by Crippen LogP contribution is 2.00. The van der Waals surface area contributed by atoms with Gasteiger partial charge in [0.25, 0.3) is 0 Å². The summed E-state index contributed by atoms with van der Waals surface area (Å²) < 4.78 is 5.26. The first-order chi connectivity index (χ1) is 7.40. The number of aliphatic hydroxyl groups is 1. The van der Waals surface area contributed by atoms with E-state index in [0.29, 0.717) is 13.2 Å². The van der Waals surface area contributed by atoms with Gasteiger partial charge < -0.3 is 20.9 Å². The van der Waals surface area contributed by atoms with Gasteiger partial charge in [-0.05, 0) is 20.3 Å². The third-order valence-corrected chi connectivity index (χ3v) is 2.35. The zero-order chi connectivity index (χ0) is 12.6. The van der Waals surface area contributed by atoms with Crippen LogP contribution in [0.2, 0.25) is 0 Å². The molecule has 0 fully saturated rings. The molecule has 16 heavy (non-hydrogen) atoms. The Labute approximate surface area is 97.3 Å². The van der Waals surface area contributed by atoms with Gasteiger partial charge in [0.05, 0.1) is 18.2 Å². The molecule has 0 aromatic rings. The van der Waals surface area contributed by atoms with Gasteiger partial charge in [0, 0.05) is 13.2 Å². The second-order valence-corrected chi connectivity index (χ2v) is 4.45. The van der Waals surface area contributed by atoms with Gasteiger partial charge in [-0.3, -0.25) is 4.79 Å². The van der Waals surface area contributed by atoms with Crippen LogP contribution in [0.1, 0.15) is 33.6 Å². The number of rotatable bonds is 9. The number of nitrogens with one attached hydrogen (secondary N) is 1. The average Bonchev–Trinajstić information content (AvgIpc) is 2.21.